The fraction of sp³-hybridized carbons (Fsp3) is 0.554. The Hall–Kier alpha value is -9.04. The fourth-order valence-electron chi connectivity index (χ4n) is 15.9. The molecule has 9 rings (SSSR count). The number of carboxylic acid groups (broad SMARTS) is 3. The molecule has 11 unspecified atom stereocenters. The lowest BCUT2D eigenvalue weighted by Gasteiger charge is -2.38. The maximum absolute atomic E-state index is 14.8. The van der Waals surface area contributed by atoms with Crippen molar-refractivity contribution in [3.8, 4) is 11.8 Å². The number of nitrogens with zero attached hydrogens (tertiary/aromatic N) is 7. The number of fused-ring (bicyclic) bond motifs is 3. The Kier molecular flexibility index (Phi) is 39.4. The lowest BCUT2D eigenvalue weighted by atomic mass is 9.65. The summed E-state index contributed by atoms with van der Waals surface area (Å²) in [6, 6.07) is 5.20. The third-order valence-corrected chi connectivity index (χ3v) is 26.0. The molecule has 3 aliphatic heterocycles. The van der Waals surface area contributed by atoms with Crippen LogP contribution in [0.1, 0.15) is 199 Å². The molecular formula is C83H113N14O21P3S2. The molecule has 13 atom stereocenters. The molecule has 35 nitrogen and oxygen atoms in total. The Morgan fingerprint density at radius 1 is 0.772 bits per heavy atom. The zero-order valence-corrected chi connectivity index (χ0v) is 74.4. The molecule has 0 saturated carbocycles. The van der Waals surface area contributed by atoms with E-state index in [0.29, 0.717) is 91.8 Å². The van der Waals surface area contributed by atoms with Crippen LogP contribution in [-0.4, -0.2) is 245 Å². The molecule has 123 heavy (non-hydrogen) atoms. The van der Waals surface area contributed by atoms with Crippen molar-refractivity contribution < 1.29 is 101 Å². The van der Waals surface area contributed by atoms with Crippen LogP contribution < -0.4 is 37.6 Å². The zero-order valence-electron chi connectivity index (χ0n) is 69.8. The molecule has 5 heterocycles. The van der Waals surface area contributed by atoms with Gasteiger partial charge in [0.2, 0.25) is 47.3 Å². The number of hydrogen-bond acceptors (Lipinski definition) is 24. The number of unbranched alkanes of at least 4 members (excludes halogenated alkanes) is 3. The maximum atomic E-state index is 14.8. The van der Waals surface area contributed by atoms with Crippen LogP contribution >= 0.6 is 48.7 Å². The SMILES string of the molecule is CCCc1cc2c(cc1C)C(c1ccccc1C(=O)N(C)CCCC(=O)NCCCCCC(=O)NCCCCC(NC(=O)C1CCCN1C(=O)CCSSCCC(=O)NCC#Cc1cn([C@H]3CC(O)[C@@H](COPOPOPO)O3)c3ncnc(N)c13)C(=O)N1CCCC1C(=O)NC(CC(=O)O)C(=O)NC(CC(=O)O)C(=O)O)C1C=C(C)C(=NCC)C=C1C2. The number of aryl methyl sites for hydroxylation is 2. The molecule has 2 aromatic carbocycles. The normalized spacial score (nSPS) is 19.7. The lowest BCUT2D eigenvalue weighted by Crippen LogP contribution is -2.58. The Balaban J connectivity index is 0.714. The van der Waals surface area contributed by atoms with E-state index in [1.54, 1.807) is 22.7 Å². The number of benzene rings is 2. The number of aliphatic hydroxyl groups is 1. The summed E-state index contributed by atoms with van der Waals surface area (Å²) >= 11 is 0. The average molecular weight is 1800 g/mol. The van der Waals surface area contributed by atoms with E-state index in [1.165, 1.54) is 65.5 Å². The summed E-state index contributed by atoms with van der Waals surface area (Å²) < 4.78 is 23.2. The first-order valence-corrected chi connectivity index (χ1v) is 46.6. The largest absolute Gasteiger partial charge is 0.481 e. The number of carboxylic acids is 3. The Morgan fingerprint density at radius 3 is 2.15 bits per heavy atom. The van der Waals surface area contributed by atoms with Crippen molar-refractivity contribution in [1.82, 2.24) is 61.1 Å². The summed E-state index contributed by atoms with van der Waals surface area (Å²) in [6.45, 7) is 10.5. The first kappa shape index (κ1) is 97.8. The van der Waals surface area contributed by atoms with Gasteiger partial charge in [-0.25, -0.2) is 14.8 Å². The van der Waals surface area contributed by atoms with Gasteiger partial charge in [-0.15, -0.1) is 0 Å². The van der Waals surface area contributed by atoms with E-state index in [-0.39, 0.29) is 144 Å². The van der Waals surface area contributed by atoms with Gasteiger partial charge in [0.25, 0.3) is 5.91 Å². The van der Waals surface area contributed by atoms with Gasteiger partial charge in [-0.2, -0.15) is 0 Å². The molecule has 2 aromatic heterocycles. The second kappa shape index (κ2) is 49.6. The summed E-state index contributed by atoms with van der Waals surface area (Å²) in [6.07, 6.45) is 10.9. The number of amides is 9. The summed E-state index contributed by atoms with van der Waals surface area (Å²) in [4.78, 5) is 185. The van der Waals surface area contributed by atoms with Crippen LogP contribution in [0.4, 0.5) is 5.82 Å². The van der Waals surface area contributed by atoms with E-state index in [9.17, 15) is 78.0 Å². The number of hydrogen-bond donors (Lipinski definition) is 12. The smallest absolute Gasteiger partial charge is 0.326 e. The van der Waals surface area contributed by atoms with Crippen LogP contribution in [0, 0.1) is 24.7 Å². The van der Waals surface area contributed by atoms with Crippen molar-refractivity contribution in [3.63, 3.8) is 0 Å². The number of aromatic nitrogens is 3. The predicted molar refractivity (Wildman–Crippen MR) is 468 cm³/mol. The number of anilines is 1. The van der Waals surface area contributed by atoms with Crippen molar-refractivity contribution in [2.75, 3.05) is 76.7 Å². The van der Waals surface area contributed by atoms with Crippen molar-refractivity contribution >= 4 is 142 Å². The number of rotatable bonds is 48. The van der Waals surface area contributed by atoms with E-state index in [1.807, 2.05) is 30.4 Å². The minimum Gasteiger partial charge on any atom is -0.481 e. The number of allylic oxidation sites excluding steroid dienone is 4. The number of aliphatic imine (C=N–C) groups is 1. The molecule has 0 radical (unpaired) electrons. The standard InChI is InChI=1S/C83H113N14O21P3S2/c1-6-19-51-40-53-41-54-42-60(85-7-2)50(4)39-58(54)75(57(53)38-49(51)3)55-21-10-11-22-56(55)81(110)94(5)33-18-27-68(100)86-30-13-8-9-26-67(99)87-31-14-12-23-59(82(111)96-35-17-25-64(96)80(109)92-61(43-72(103)104)78(107)93-62(83(112)113)44-73(105)106)91-79(108)63-24-16-34-95(63)70(102)29-37-123-122-36-28-69(101)88-32-15-20-52-46-97(77-74(52)76(84)89-48-90-77)71-45-65(98)66(116-71)47-115-120-118-121-117-119-114/h10-11,21-22,38-40,42,46,48,58-59,61-66,71,75,98,114,119-121H,6-9,12-14,16-19,23-37,41,43-45,47H2,1-5H3,(H,86,100)(H,87,99)(H,88,101)(H,91,108)(H,92,109)(H,93,107)(H,103,104)(H,105,106)(H,112,113)(H2,84,89,90)/t58?,59?,61?,62?,63?,64?,65?,66-,71-,75?/m1/s1. The first-order chi connectivity index (χ1) is 59.2. The molecule has 13 N–H and O–H groups in total. The van der Waals surface area contributed by atoms with E-state index in [4.69, 9.17) is 33.5 Å². The van der Waals surface area contributed by atoms with E-state index < -0.39 is 130 Å². The second-order valence-electron chi connectivity index (χ2n) is 30.7. The Bertz CT molecular complexity index is 4600. The second-order valence-corrected chi connectivity index (χ2v) is 35.9. The highest BCUT2D eigenvalue weighted by Gasteiger charge is 2.44. The topological polar surface area (TPSA) is 494 Å². The molecule has 3 saturated heterocycles. The number of aliphatic carboxylic acids is 3. The fourth-order valence-corrected chi connectivity index (χ4v) is 19.2. The molecule has 3 fully saturated rings. The highest BCUT2D eigenvalue weighted by Crippen LogP contribution is 2.48. The van der Waals surface area contributed by atoms with Gasteiger partial charge in [0, 0.05) is 114 Å². The van der Waals surface area contributed by atoms with Gasteiger partial charge >= 0.3 is 17.9 Å². The quantitative estimate of drug-likeness (QED) is 0.00940. The van der Waals surface area contributed by atoms with E-state index in [0.717, 1.165) is 36.1 Å². The van der Waals surface area contributed by atoms with Crippen LogP contribution in [-0.2, 0) is 83.5 Å². The third kappa shape index (κ3) is 28.5. The van der Waals surface area contributed by atoms with Gasteiger partial charge in [-0.3, -0.25) is 66.4 Å². The van der Waals surface area contributed by atoms with Crippen LogP contribution in [0.2, 0.25) is 0 Å². The summed E-state index contributed by atoms with van der Waals surface area (Å²) in [7, 11) is 3.03. The van der Waals surface area contributed by atoms with Gasteiger partial charge < -0.3 is 91.5 Å². The molecule has 0 bridgehead atoms. The molecule has 4 aromatic rings. The number of likely N-dealkylation sites (tertiary alicyclic amines) is 2. The van der Waals surface area contributed by atoms with Crippen LogP contribution in [0.5, 0.6) is 0 Å². The van der Waals surface area contributed by atoms with Gasteiger partial charge in [0.1, 0.15) is 60.3 Å². The zero-order chi connectivity index (χ0) is 88.7. The van der Waals surface area contributed by atoms with Gasteiger partial charge in [-0.05, 0) is 143 Å². The summed E-state index contributed by atoms with van der Waals surface area (Å²) in [5, 5.41) is 55.5. The molecule has 668 valence electrons. The van der Waals surface area contributed by atoms with E-state index in [2.05, 4.69) is 99.5 Å². The molecular weight excluding hydrogens is 1690 g/mol. The minimum absolute atomic E-state index is 0.00306. The molecule has 2 aliphatic carbocycles. The average Bonchev–Trinajstić information content (AvgIpc) is 1.49. The first-order valence-electron chi connectivity index (χ1n) is 41.6. The molecule has 9 amide bonds. The number of nitrogens with two attached hydrogens (primary N) is 1. The molecule has 5 aliphatic rings. The number of nitrogens with one attached hydrogen (secondary N) is 6. The maximum Gasteiger partial charge on any atom is 0.326 e. The third-order valence-electron chi connectivity index (χ3n) is 22.0. The number of ether oxygens (including phenoxy) is 1. The molecule has 0 spiro atoms. The van der Waals surface area contributed by atoms with Crippen molar-refractivity contribution in [1.29, 1.82) is 0 Å². The van der Waals surface area contributed by atoms with Crippen molar-refractivity contribution in [3.05, 3.63) is 111 Å². The number of carbonyl (C=O) groups excluding carboxylic acids is 9. The lowest BCUT2D eigenvalue weighted by molar-refractivity contribution is -0.148. The Morgan fingerprint density at radius 2 is 1.45 bits per heavy atom. The van der Waals surface area contributed by atoms with Crippen molar-refractivity contribution in [2.24, 2.45) is 10.9 Å². The monoisotopic (exact) mass is 1800 g/mol. The summed E-state index contributed by atoms with van der Waals surface area (Å²) in [5.41, 5.74) is 17.3. The van der Waals surface area contributed by atoms with E-state index >= 15 is 0 Å². The Labute approximate surface area is 727 Å². The van der Waals surface area contributed by atoms with Crippen LogP contribution in [0.15, 0.2) is 77.2 Å². The summed E-state index contributed by atoms with van der Waals surface area (Å²) in [5.74, 6) is -2.67. The number of carbonyl (C=O) groups is 12. The van der Waals surface area contributed by atoms with Gasteiger partial charge in [0.05, 0.1) is 48.8 Å². The van der Waals surface area contributed by atoms with Crippen molar-refractivity contribution in [2.45, 2.75) is 217 Å². The highest BCUT2D eigenvalue weighted by atomic mass is 33.1. The number of aliphatic hydroxyl groups excluding tert-OH is 1. The van der Waals surface area contributed by atoms with Gasteiger partial charge in [-0.1, -0.05) is 95.2 Å². The van der Waals surface area contributed by atoms with Gasteiger partial charge in [0.15, 0.2) is 27.1 Å². The highest BCUT2D eigenvalue weighted by molar-refractivity contribution is 8.76. The van der Waals surface area contributed by atoms with Crippen LogP contribution in [0.25, 0.3) is 11.0 Å². The predicted octanol–water partition coefficient (Wildman–Crippen LogP) is 6.76. The molecule has 40 heteroatoms. The minimum atomic E-state index is -1.97. The number of nitrogen functional groups attached to an aromatic ring is 1. The van der Waals surface area contributed by atoms with Crippen LogP contribution in [0.3, 0.4) is 0 Å².